The lowest BCUT2D eigenvalue weighted by molar-refractivity contribution is -0.0893. The molecule has 0 atom stereocenters. The van der Waals surface area contributed by atoms with Gasteiger partial charge in [-0.2, -0.15) is 0 Å². The van der Waals surface area contributed by atoms with Crippen LogP contribution in [-0.2, 0) is 4.65 Å². The van der Waals surface area contributed by atoms with E-state index in [2.05, 4.69) is 54.6 Å². The molecule has 0 aliphatic heterocycles. The summed E-state index contributed by atoms with van der Waals surface area (Å²) in [6.07, 6.45) is 0. The van der Waals surface area contributed by atoms with Crippen molar-refractivity contribution in [1.29, 1.82) is 0 Å². The Morgan fingerprint density at radius 3 is 2.28 bits per heavy atom. The van der Waals surface area contributed by atoms with E-state index in [0.717, 1.165) is 22.0 Å². The zero-order chi connectivity index (χ0) is 22.3. The van der Waals surface area contributed by atoms with E-state index in [-0.39, 0.29) is 0 Å². The van der Waals surface area contributed by atoms with Crippen LogP contribution >= 0.6 is 0 Å². The summed E-state index contributed by atoms with van der Waals surface area (Å²) in [5.74, 6) is 0. The highest BCUT2D eigenvalue weighted by Crippen LogP contribution is 2.50. The largest absolute Gasteiger partial charge is 0.456 e. The van der Waals surface area contributed by atoms with Gasteiger partial charge in [-0.25, -0.2) is 0 Å². The van der Waals surface area contributed by atoms with Crippen LogP contribution in [-0.4, -0.2) is 23.8 Å². The molecule has 0 unspecified atom stereocenters. The number of aliphatic hydroxyl groups is 1. The molecule has 6 rings (SSSR count). The molecule has 0 radical (unpaired) electrons. The predicted molar refractivity (Wildman–Crippen MR) is 134 cm³/mol. The Bertz CT molecular complexity index is 1540. The Balaban J connectivity index is 1.57. The number of para-hydroxylation sites is 1. The van der Waals surface area contributed by atoms with Gasteiger partial charge < -0.3 is 14.2 Å². The van der Waals surface area contributed by atoms with Crippen LogP contribution < -0.4 is 5.46 Å². The minimum atomic E-state index is -0.945. The first kappa shape index (κ1) is 19.6. The van der Waals surface area contributed by atoms with Crippen LogP contribution in [0.3, 0.4) is 0 Å². The minimum Gasteiger partial charge on any atom is -0.456 e. The van der Waals surface area contributed by atoms with Gasteiger partial charge in [0.2, 0.25) is 0 Å². The van der Waals surface area contributed by atoms with Gasteiger partial charge >= 0.3 is 7.48 Å². The second-order valence-electron chi connectivity index (χ2n) is 9.82. The van der Waals surface area contributed by atoms with Gasteiger partial charge in [-0.15, -0.1) is 0 Å². The average Bonchev–Trinajstić information content (AvgIpc) is 3.29. The number of hydrogen-bond donors (Lipinski definition) is 1. The summed E-state index contributed by atoms with van der Waals surface area (Å²) in [5.41, 5.74) is 6.22. The molecule has 0 spiro atoms. The van der Waals surface area contributed by atoms with E-state index in [0.29, 0.717) is 7.48 Å². The number of rotatable bonds is 4. The van der Waals surface area contributed by atoms with Crippen molar-refractivity contribution in [3.8, 4) is 22.3 Å². The first-order valence-electron chi connectivity index (χ1n) is 11.1. The average molecular weight is 420 g/mol. The Morgan fingerprint density at radius 2 is 1.47 bits per heavy atom. The molecule has 4 heteroatoms. The summed E-state index contributed by atoms with van der Waals surface area (Å²) < 4.78 is 12.5. The summed E-state index contributed by atoms with van der Waals surface area (Å²) in [6, 6.07) is 23.4. The van der Waals surface area contributed by atoms with Crippen LogP contribution in [0.15, 0.2) is 71.1 Å². The quantitative estimate of drug-likeness (QED) is 0.360. The van der Waals surface area contributed by atoms with Gasteiger partial charge in [0, 0.05) is 10.8 Å². The van der Waals surface area contributed by atoms with E-state index >= 15 is 0 Å². The Hall–Kier alpha value is -3.08. The number of benzene rings is 4. The fraction of sp³-hybridized carbons (Fsp3) is 0.214. The molecule has 1 aliphatic rings. The number of furan rings is 1. The van der Waals surface area contributed by atoms with E-state index < -0.39 is 11.2 Å². The lowest BCUT2D eigenvalue weighted by Crippen LogP contribution is -2.49. The van der Waals surface area contributed by atoms with E-state index in [4.69, 9.17) is 9.07 Å². The van der Waals surface area contributed by atoms with Crippen molar-refractivity contribution in [1.82, 2.24) is 0 Å². The van der Waals surface area contributed by atoms with Crippen molar-refractivity contribution < 1.29 is 14.2 Å². The number of fused-ring (bicyclic) bond motifs is 7. The van der Waals surface area contributed by atoms with Crippen molar-refractivity contribution in [3.05, 3.63) is 66.7 Å². The zero-order valence-corrected chi connectivity index (χ0v) is 18.8. The SMILES string of the molecule is CC(C)(O)C(C)(C)OBc1cccc2c1-c1cccc3c1c-2cc1oc2ccccc2c13. The summed E-state index contributed by atoms with van der Waals surface area (Å²) in [4.78, 5) is 0. The van der Waals surface area contributed by atoms with Gasteiger partial charge in [-0.05, 0) is 78.3 Å². The highest BCUT2D eigenvalue weighted by Gasteiger charge is 2.36. The predicted octanol–water partition coefficient (Wildman–Crippen LogP) is 5.93. The molecule has 1 aromatic heterocycles. The summed E-state index contributed by atoms with van der Waals surface area (Å²) in [6.45, 7) is 7.45. The Morgan fingerprint density at radius 1 is 0.750 bits per heavy atom. The molecule has 0 bridgehead atoms. The molecule has 0 saturated heterocycles. The molecule has 4 aromatic carbocycles. The maximum atomic E-state index is 10.5. The smallest absolute Gasteiger partial charge is 0.310 e. The molecule has 0 saturated carbocycles. The van der Waals surface area contributed by atoms with Gasteiger partial charge in [0.15, 0.2) is 0 Å². The molecule has 3 nitrogen and oxygen atoms in total. The van der Waals surface area contributed by atoms with Crippen LogP contribution in [0, 0.1) is 0 Å². The monoisotopic (exact) mass is 420 g/mol. The van der Waals surface area contributed by atoms with Crippen molar-refractivity contribution in [3.63, 3.8) is 0 Å². The van der Waals surface area contributed by atoms with E-state index in [1.54, 1.807) is 13.8 Å². The standard InChI is InChI=1S/C28H25BO3/c1-27(2,30)28(3,4)32-29-21-13-8-10-16-20-15-23-26(17-9-5-6-14-22(17)31-23)19-12-7-11-18(24(19)20)25(16)21/h5-15,29-30H,1-4H3. The van der Waals surface area contributed by atoms with Gasteiger partial charge in [0.25, 0.3) is 0 Å². The topological polar surface area (TPSA) is 42.6 Å². The highest BCUT2D eigenvalue weighted by molar-refractivity contribution is 6.51. The minimum absolute atomic E-state index is 0.434. The highest BCUT2D eigenvalue weighted by atomic mass is 16.5. The van der Waals surface area contributed by atoms with Crippen LogP contribution in [0.4, 0.5) is 0 Å². The second-order valence-corrected chi connectivity index (χ2v) is 9.82. The molecule has 32 heavy (non-hydrogen) atoms. The van der Waals surface area contributed by atoms with Crippen LogP contribution in [0.25, 0.3) is 55.0 Å². The molecule has 158 valence electrons. The third-order valence-corrected chi connectivity index (χ3v) is 7.27. The number of hydrogen-bond acceptors (Lipinski definition) is 3. The van der Waals surface area contributed by atoms with E-state index in [1.807, 2.05) is 26.0 Å². The van der Waals surface area contributed by atoms with Gasteiger partial charge in [-0.3, -0.25) is 0 Å². The van der Waals surface area contributed by atoms with Crippen molar-refractivity contribution in [2.75, 3.05) is 0 Å². The molecular formula is C28H25BO3. The maximum Gasteiger partial charge on any atom is 0.310 e. The fourth-order valence-corrected chi connectivity index (χ4v) is 4.82. The Kier molecular flexibility index (Phi) is 3.96. The second kappa shape index (κ2) is 6.47. The molecule has 5 aromatic rings. The molecule has 0 amide bonds. The third kappa shape index (κ3) is 2.63. The lowest BCUT2D eigenvalue weighted by Gasteiger charge is -2.37. The maximum absolute atomic E-state index is 10.5. The van der Waals surface area contributed by atoms with Gasteiger partial charge in [0.05, 0.1) is 11.2 Å². The summed E-state index contributed by atoms with van der Waals surface area (Å²) in [7, 11) is 0.434. The van der Waals surface area contributed by atoms with Gasteiger partial charge in [0.1, 0.15) is 11.2 Å². The van der Waals surface area contributed by atoms with Crippen molar-refractivity contribution in [2.45, 2.75) is 38.9 Å². The van der Waals surface area contributed by atoms with Crippen LogP contribution in [0.2, 0.25) is 0 Å². The van der Waals surface area contributed by atoms with E-state index in [9.17, 15) is 5.11 Å². The molecule has 1 heterocycles. The lowest BCUT2D eigenvalue weighted by atomic mass is 9.78. The van der Waals surface area contributed by atoms with Crippen molar-refractivity contribution >= 4 is 45.7 Å². The van der Waals surface area contributed by atoms with Crippen LogP contribution in [0.5, 0.6) is 0 Å². The van der Waals surface area contributed by atoms with Crippen LogP contribution in [0.1, 0.15) is 27.7 Å². The normalized spacial score (nSPS) is 13.3. The fourth-order valence-electron chi connectivity index (χ4n) is 4.82. The third-order valence-electron chi connectivity index (χ3n) is 7.27. The first-order valence-corrected chi connectivity index (χ1v) is 11.1. The van der Waals surface area contributed by atoms with E-state index in [1.165, 1.54) is 38.4 Å². The molecular weight excluding hydrogens is 395 g/mol. The summed E-state index contributed by atoms with van der Waals surface area (Å²) in [5, 5.41) is 15.3. The first-order chi connectivity index (χ1) is 15.3. The molecule has 1 N–H and O–H groups in total. The van der Waals surface area contributed by atoms with Crippen molar-refractivity contribution in [2.24, 2.45) is 0 Å². The molecule has 1 aliphatic carbocycles. The zero-order valence-electron chi connectivity index (χ0n) is 18.8. The Labute approximate surface area is 187 Å². The molecule has 0 fully saturated rings. The van der Waals surface area contributed by atoms with Gasteiger partial charge in [-0.1, -0.05) is 54.6 Å². The summed E-state index contributed by atoms with van der Waals surface area (Å²) >= 11 is 0.